The third-order valence-corrected chi connectivity index (χ3v) is 7.01. The van der Waals surface area contributed by atoms with Gasteiger partial charge in [-0.2, -0.15) is 0 Å². The van der Waals surface area contributed by atoms with E-state index in [-0.39, 0.29) is 17.9 Å². The van der Waals surface area contributed by atoms with Crippen LogP contribution in [0.4, 0.5) is 10.5 Å². The standard InChI is InChI=1S/C26H18BrCl3N2O5/c1-13-3-5-16(28)11-21(13)32-25(34)17(24(33)31-26(32)35)7-15-8-18(27)23(22(10-15)36-2)37-12-14-4-6-19(29)20(30)9-14/h3-11H,12H2,1-2H3,(H,31,33,35)/b17-7+. The highest BCUT2D eigenvalue weighted by Crippen LogP contribution is 2.38. The fourth-order valence-corrected chi connectivity index (χ4v) is 4.68. The molecule has 0 saturated carbocycles. The SMILES string of the molecule is COc1cc(/C=C2\C(=O)NC(=O)N(c3cc(Cl)ccc3C)C2=O)cc(Br)c1OCc1ccc(Cl)c(Cl)c1. The van der Waals surface area contributed by atoms with Gasteiger partial charge in [-0.05, 0) is 82.0 Å². The fraction of sp³-hybridized carbons (Fsp3) is 0.115. The number of halogens is 4. The second kappa shape index (κ2) is 11.1. The Labute approximate surface area is 236 Å². The zero-order valence-electron chi connectivity index (χ0n) is 19.4. The van der Waals surface area contributed by atoms with Crippen molar-refractivity contribution >= 4 is 80.3 Å². The molecule has 1 aliphatic heterocycles. The van der Waals surface area contributed by atoms with Crippen molar-refractivity contribution in [3.8, 4) is 11.5 Å². The number of urea groups is 1. The maximum absolute atomic E-state index is 13.3. The number of hydrogen-bond donors (Lipinski definition) is 1. The van der Waals surface area contributed by atoms with E-state index in [1.54, 1.807) is 49.4 Å². The maximum atomic E-state index is 13.3. The Morgan fingerprint density at radius 1 is 1.00 bits per heavy atom. The Kier molecular flexibility index (Phi) is 8.14. The number of methoxy groups -OCH3 is 1. The van der Waals surface area contributed by atoms with E-state index in [9.17, 15) is 14.4 Å². The summed E-state index contributed by atoms with van der Waals surface area (Å²) >= 11 is 21.6. The average Bonchev–Trinajstić information content (AvgIpc) is 2.84. The molecule has 0 atom stereocenters. The van der Waals surface area contributed by atoms with Gasteiger partial charge in [-0.3, -0.25) is 14.9 Å². The van der Waals surface area contributed by atoms with Crippen LogP contribution in [-0.4, -0.2) is 25.0 Å². The van der Waals surface area contributed by atoms with Crippen molar-refractivity contribution in [2.24, 2.45) is 0 Å². The van der Waals surface area contributed by atoms with E-state index in [1.807, 2.05) is 0 Å². The molecule has 3 aromatic rings. The number of aryl methyl sites for hydroxylation is 1. The van der Waals surface area contributed by atoms with Crippen LogP contribution in [0, 0.1) is 6.92 Å². The van der Waals surface area contributed by atoms with Gasteiger partial charge in [0, 0.05) is 5.02 Å². The molecule has 1 aliphatic rings. The van der Waals surface area contributed by atoms with Crippen LogP contribution in [0.25, 0.3) is 6.08 Å². The topological polar surface area (TPSA) is 84.9 Å². The number of nitrogens with zero attached hydrogens (tertiary/aromatic N) is 1. The van der Waals surface area contributed by atoms with Crippen LogP contribution in [0.1, 0.15) is 16.7 Å². The van der Waals surface area contributed by atoms with Crippen LogP contribution in [0.2, 0.25) is 15.1 Å². The lowest BCUT2D eigenvalue weighted by Gasteiger charge is -2.27. The van der Waals surface area contributed by atoms with E-state index in [2.05, 4.69) is 21.2 Å². The minimum atomic E-state index is -0.859. The number of rotatable bonds is 6. The summed E-state index contributed by atoms with van der Waals surface area (Å²) in [7, 11) is 1.46. The summed E-state index contributed by atoms with van der Waals surface area (Å²) in [5.41, 5.74) is 1.92. The van der Waals surface area contributed by atoms with E-state index in [1.165, 1.54) is 19.3 Å². The fourth-order valence-electron chi connectivity index (χ4n) is 3.61. The second-order valence-corrected chi connectivity index (χ2v) is 10.1. The van der Waals surface area contributed by atoms with Gasteiger partial charge in [0.05, 0.1) is 27.3 Å². The number of carbonyl (C=O) groups is 3. The van der Waals surface area contributed by atoms with E-state index in [0.29, 0.717) is 42.2 Å². The molecule has 190 valence electrons. The Morgan fingerprint density at radius 3 is 2.46 bits per heavy atom. The van der Waals surface area contributed by atoms with Crippen molar-refractivity contribution in [2.45, 2.75) is 13.5 Å². The zero-order chi connectivity index (χ0) is 26.9. The smallest absolute Gasteiger partial charge is 0.335 e. The quantitative estimate of drug-likeness (QED) is 0.237. The summed E-state index contributed by atoms with van der Waals surface area (Å²) in [5.74, 6) is -0.847. The summed E-state index contributed by atoms with van der Waals surface area (Å²) < 4.78 is 11.9. The Morgan fingerprint density at radius 2 is 1.76 bits per heavy atom. The summed E-state index contributed by atoms with van der Waals surface area (Å²) in [6.45, 7) is 1.91. The van der Waals surface area contributed by atoms with Gasteiger partial charge < -0.3 is 9.47 Å². The van der Waals surface area contributed by atoms with Crippen molar-refractivity contribution in [1.29, 1.82) is 0 Å². The molecule has 1 saturated heterocycles. The van der Waals surface area contributed by atoms with Crippen molar-refractivity contribution < 1.29 is 23.9 Å². The van der Waals surface area contributed by atoms with Gasteiger partial charge in [-0.25, -0.2) is 9.69 Å². The number of amides is 4. The number of hydrogen-bond acceptors (Lipinski definition) is 5. The first-order chi connectivity index (χ1) is 17.6. The normalized spacial score (nSPS) is 14.7. The van der Waals surface area contributed by atoms with Gasteiger partial charge in [-0.15, -0.1) is 0 Å². The second-order valence-electron chi connectivity index (χ2n) is 7.96. The third-order valence-electron chi connectivity index (χ3n) is 5.44. The van der Waals surface area contributed by atoms with Crippen molar-refractivity contribution in [3.05, 3.63) is 90.3 Å². The molecule has 1 fully saturated rings. The largest absolute Gasteiger partial charge is 0.493 e. The Balaban J connectivity index is 1.65. The van der Waals surface area contributed by atoms with Crippen molar-refractivity contribution in [3.63, 3.8) is 0 Å². The van der Waals surface area contributed by atoms with E-state index in [0.717, 1.165) is 10.5 Å². The molecule has 1 heterocycles. The zero-order valence-corrected chi connectivity index (χ0v) is 23.3. The Hall–Kier alpha value is -3.04. The lowest BCUT2D eigenvalue weighted by molar-refractivity contribution is -0.122. The molecular weight excluding hydrogens is 607 g/mol. The third kappa shape index (κ3) is 5.78. The molecule has 0 bridgehead atoms. The highest BCUT2D eigenvalue weighted by Gasteiger charge is 2.37. The summed E-state index contributed by atoms with van der Waals surface area (Å²) in [4.78, 5) is 39.3. The van der Waals surface area contributed by atoms with Crippen molar-refractivity contribution in [2.75, 3.05) is 12.0 Å². The predicted molar refractivity (Wildman–Crippen MR) is 147 cm³/mol. The molecule has 11 heteroatoms. The molecule has 3 aromatic carbocycles. The lowest BCUT2D eigenvalue weighted by Crippen LogP contribution is -2.54. The Bertz CT molecular complexity index is 1470. The first kappa shape index (κ1) is 27.0. The number of anilines is 1. The van der Waals surface area contributed by atoms with Gasteiger partial charge in [-0.1, -0.05) is 46.9 Å². The molecule has 0 spiro atoms. The number of nitrogens with one attached hydrogen (secondary N) is 1. The molecular formula is C26H18BrCl3N2O5. The van der Waals surface area contributed by atoms with Crippen LogP contribution in [0.3, 0.4) is 0 Å². The number of barbiturate groups is 1. The number of benzene rings is 3. The van der Waals surface area contributed by atoms with Crippen LogP contribution in [0.15, 0.2) is 58.6 Å². The minimum Gasteiger partial charge on any atom is -0.493 e. The molecule has 7 nitrogen and oxygen atoms in total. The van der Waals surface area contributed by atoms with E-state index >= 15 is 0 Å². The van der Waals surface area contributed by atoms with Gasteiger partial charge in [0.1, 0.15) is 12.2 Å². The van der Waals surface area contributed by atoms with Gasteiger partial charge in [0.25, 0.3) is 11.8 Å². The lowest BCUT2D eigenvalue weighted by atomic mass is 10.1. The summed E-state index contributed by atoms with van der Waals surface area (Å²) in [6.07, 6.45) is 1.37. The monoisotopic (exact) mass is 622 g/mol. The molecule has 0 radical (unpaired) electrons. The minimum absolute atomic E-state index is 0.184. The van der Waals surface area contributed by atoms with Crippen LogP contribution >= 0.6 is 50.7 Å². The van der Waals surface area contributed by atoms with E-state index < -0.39 is 17.8 Å². The average molecular weight is 625 g/mol. The van der Waals surface area contributed by atoms with E-state index in [4.69, 9.17) is 44.3 Å². The molecule has 0 unspecified atom stereocenters. The summed E-state index contributed by atoms with van der Waals surface area (Å²) in [6, 6.07) is 12.4. The van der Waals surface area contributed by atoms with Crippen LogP contribution in [0.5, 0.6) is 11.5 Å². The molecule has 0 aromatic heterocycles. The molecule has 0 aliphatic carbocycles. The number of ether oxygens (including phenoxy) is 2. The van der Waals surface area contributed by atoms with Crippen LogP contribution in [-0.2, 0) is 16.2 Å². The van der Waals surface area contributed by atoms with Crippen LogP contribution < -0.4 is 19.7 Å². The molecule has 37 heavy (non-hydrogen) atoms. The highest BCUT2D eigenvalue weighted by atomic mass is 79.9. The van der Waals surface area contributed by atoms with Crippen molar-refractivity contribution in [1.82, 2.24) is 5.32 Å². The first-order valence-corrected chi connectivity index (χ1v) is 12.6. The van der Waals surface area contributed by atoms with Gasteiger partial charge in [0.2, 0.25) is 0 Å². The number of carbonyl (C=O) groups excluding carboxylic acids is 3. The summed E-state index contributed by atoms with van der Waals surface area (Å²) in [5, 5.41) is 3.39. The molecule has 4 amide bonds. The van der Waals surface area contributed by atoms with Gasteiger partial charge >= 0.3 is 6.03 Å². The number of imide groups is 2. The first-order valence-electron chi connectivity index (χ1n) is 10.7. The van der Waals surface area contributed by atoms with Gasteiger partial charge in [0.15, 0.2) is 11.5 Å². The highest BCUT2D eigenvalue weighted by molar-refractivity contribution is 9.10. The predicted octanol–water partition coefficient (Wildman–Crippen LogP) is 6.97. The molecule has 1 N–H and O–H groups in total. The maximum Gasteiger partial charge on any atom is 0.335 e. The molecule has 4 rings (SSSR count).